The van der Waals surface area contributed by atoms with Crippen molar-refractivity contribution in [3.63, 3.8) is 0 Å². The summed E-state index contributed by atoms with van der Waals surface area (Å²) >= 11 is 0. The van der Waals surface area contributed by atoms with E-state index in [1.165, 1.54) is 17.0 Å². The first-order valence-corrected chi connectivity index (χ1v) is 9.85. The van der Waals surface area contributed by atoms with Gasteiger partial charge in [-0.3, -0.25) is 0 Å². The number of benzene rings is 1. The first kappa shape index (κ1) is 20.6. The summed E-state index contributed by atoms with van der Waals surface area (Å²) in [6, 6.07) is 5.99. The molecule has 1 aromatic carbocycles. The predicted molar refractivity (Wildman–Crippen MR) is 100 cm³/mol. The first-order valence-electron chi connectivity index (χ1n) is 9.85. The van der Waals surface area contributed by atoms with Crippen LogP contribution in [0.25, 0.3) is 0 Å². The third-order valence-electron chi connectivity index (χ3n) is 5.33. The van der Waals surface area contributed by atoms with E-state index < -0.39 is 11.7 Å². The van der Waals surface area contributed by atoms with Gasteiger partial charge in [-0.15, -0.1) is 5.10 Å². The normalized spacial score (nSPS) is 17.3. The van der Waals surface area contributed by atoms with Crippen molar-refractivity contribution >= 4 is 5.69 Å². The molecule has 1 atom stereocenters. The van der Waals surface area contributed by atoms with Gasteiger partial charge in [-0.2, -0.15) is 13.2 Å². The fourth-order valence-electron chi connectivity index (χ4n) is 3.88. The molecule has 0 bridgehead atoms. The van der Waals surface area contributed by atoms with Crippen molar-refractivity contribution in [2.24, 2.45) is 0 Å². The fraction of sp³-hybridized carbons (Fsp3) is 0.632. The molecule has 1 aliphatic heterocycles. The van der Waals surface area contributed by atoms with Gasteiger partial charge in [0.15, 0.2) is 0 Å². The summed E-state index contributed by atoms with van der Waals surface area (Å²) in [4.78, 5) is 3.43. The van der Waals surface area contributed by atoms with Gasteiger partial charge in [0.25, 0.3) is 0 Å². The van der Waals surface area contributed by atoms with Crippen molar-refractivity contribution in [1.29, 1.82) is 0 Å². The van der Waals surface area contributed by atoms with E-state index in [2.05, 4.69) is 36.3 Å². The van der Waals surface area contributed by atoms with Crippen molar-refractivity contribution in [1.82, 2.24) is 20.2 Å². The SMILES string of the molecule is CCC[C@H](c1nnnn1C(C)C)[NH+]1CCN(c2cccc(C(F)(F)F)c2)CC1. The number of nitrogens with one attached hydrogen (secondary N) is 1. The summed E-state index contributed by atoms with van der Waals surface area (Å²) in [5, 5.41) is 12.3. The molecule has 1 aromatic heterocycles. The highest BCUT2D eigenvalue weighted by Gasteiger charge is 2.34. The van der Waals surface area contributed by atoms with Crippen LogP contribution in [0.1, 0.15) is 57.1 Å². The van der Waals surface area contributed by atoms with Crippen molar-refractivity contribution in [2.45, 2.75) is 51.9 Å². The largest absolute Gasteiger partial charge is 0.416 e. The minimum Gasteiger partial charge on any atom is -0.360 e. The van der Waals surface area contributed by atoms with Crippen LogP contribution in [0.5, 0.6) is 0 Å². The van der Waals surface area contributed by atoms with E-state index in [-0.39, 0.29) is 12.1 Å². The van der Waals surface area contributed by atoms with Gasteiger partial charge in [-0.05, 0) is 42.5 Å². The van der Waals surface area contributed by atoms with Crippen LogP contribution in [-0.4, -0.2) is 46.4 Å². The Labute approximate surface area is 163 Å². The number of hydrogen-bond donors (Lipinski definition) is 1. The van der Waals surface area contributed by atoms with Gasteiger partial charge >= 0.3 is 6.18 Å². The smallest absolute Gasteiger partial charge is 0.360 e. The van der Waals surface area contributed by atoms with E-state index in [1.54, 1.807) is 6.07 Å². The quantitative estimate of drug-likeness (QED) is 0.814. The van der Waals surface area contributed by atoms with E-state index in [1.807, 2.05) is 9.58 Å². The predicted octanol–water partition coefficient (Wildman–Crippen LogP) is 2.52. The number of hydrogen-bond acceptors (Lipinski definition) is 4. The molecular formula is C19H28F3N6+. The zero-order valence-corrected chi connectivity index (χ0v) is 16.6. The molecule has 9 heteroatoms. The van der Waals surface area contributed by atoms with Crippen LogP contribution in [0.3, 0.4) is 0 Å². The molecule has 0 amide bonds. The molecule has 2 heterocycles. The third kappa shape index (κ3) is 4.45. The Balaban J connectivity index is 1.72. The van der Waals surface area contributed by atoms with Crippen LogP contribution in [0.2, 0.25) is 0 Å². The van der Waals surface area contributed by atoms with Crippen molar-refractivity contribution in [3.05, 3.63) is 35.7 Å². The molecule has 3 rings (SSSR count). The van der Waals surface area contributed by atoms with Crippen molar-refractivity contribution < 1.29 is 18.1 Å². The van der Waals surface area contributed by atoms with Gasteiger partial charge in [0.1, 0.15) is 6.04 Å². The van der Waals surface area contributed by atoms with Gasteiger partial charge in [-0.25, -0.2) is 4.68 Å². The Hall–Kier alpha value is -2.16. The number of alkyl halides is 3. The second kappa shape index (κ2) is 8.46. The summed E-state index contributed by atoms with van der Waals surface area (Å²) in [5.41, 5.74) is 0.0349. The van der Waals surface area contributed by atoms with Crippen LogP contribution in [-0.2, 0) is 6.18 Å². The molecule has 1 aliphatic rings. The summed E-state index contributed by atoms with van der Waals surface area (Å²) in [6.45, 7) is 9.36. The average Bonchev–Trinajstić information content (AvgIpc) is 3.15. The van der Waals surface area contributed by atoms with E-state index >= 15 is 0 Å². The fourth-order valence-corrected chi connectivity index (χ4v) is 3.88. The van der Waals surface area contributed by atoms with E-state index in [0.717, 1.165) is 37.8 Å². The van der Waals surface area contributed by atoms with Gasteiger partial charge < -0.3 is 9.80 Å². The van der Waals surface area contributed by atoms with E-state index in [4.69, 9.17) is 0 Å². The molecule has 1 fully saturated rings. The second-order valence-electron chi connectivity index (χ2n) is 7.61. The van der Waals surface area contributed by atoms with E-state index in [9.17, 15) is 13.2 Å². The summed E-state index contributed by atoms with van der Waals surface area (Å²) < 4.78 is 40.9. The molecule has 2 aromatic rings. The average molecular weight is 397 g/mol. The van der Waals surface area contributed by atoms with Crippen LogP contribution in [0, 0.1) is 0 Å². The number of halogens is 3. The van der Waals surface area contributed by atoms with Crippen LogP contribution in [0.4, 0.5) is 18.9 Å². The standard InChI is InChI=1S/C19H27F3N6/c1-4-6-17(18-23-24-25-28(18)14(2)3)27-11-9-26(10-12-27)16-8-5-7-15(13-16)19(20,21)22/h5,7-8,13-14,17H,4,6,9-12H2,1-3H3/p+1/t17-/m1/s1. The summed E-state index contributed by atoms with van der Waals surface area (Å²) in [7, 11) is 0. The zero-order chi connectivity index (χ0) is 20.3. The van der Waals surface area contributed by atoms with Gasteiger partial charge in [0.2, 0.25) is 5.82 Å². The van der Waals surface area contributed by atoms with Gasteiger partial charge in [0.05, 0.1) is 37.8 Å². The molecule has 0 radical (unpaired) electrons. The summed E-state index contributed by atoms with van der Waals surface area (Å²) in [6.07, 6.45) is -2.31. The third-order valence-corrected chi connectivity index (χ3v) is 5.33. The highest BCUT2D eigenvalue weighted by atomic mass is 19.4. The van der Waals surface area contributed by atoms with Crippen LogP contribution < -0.4 is 9.80 Å². The zero-order valence-electron chi connectivity index (χ0n) is 16.6. The van der Waals surface area contributed by atoms with E-state index in [0.29, 0.717) is 18.8 Å². The van der Waals surface area contributed by atoms with Crippen LogP contribution >= 0.6 is 0 Å². The lowest BCUT2D eigenvalue weighted by atomic mass is 10.1. The Morgan fingerprint density at radius 3 is 2.50 bits per heavy atom. The monoisotopic (exact) mass is 397 g/mol. The van der Waals surface area contributed by atoms with Gasteiger partial charge in [-0.1, -0.05) is 19.4 Å². The molecule has 1 saturated heterocycles. The van der Waals surface area contributed by atoms with Crippen molar-refractivity contribution in [2.75, 3.05) is 31.1 Å². The van der Waals surface area contributed by atoms with Crippen molar-refractivity contribution in [3.8, 4) is 0 Å². The Morgan fingerprint density at radius 2 is 1.89 bits per heavy atom. The van der Waals surface area contributed by atoms with Gasteiger partial charge in [0, 0.05) is 12.1 Å². The minimum absolute atomic E-state index is 0.190. The Kier molecular flexibility index (Phi) is 6.22. The second-order valence-corrected chi connectivity index (χ2v) is 7.61. The molecule has 1 N–H and O–H groups in total. The minimum atomic E-state index is -4.32. The lowest BCUT2D eigenvalue weighted by Gasteiger charge is -2.37. The Morgan fingerprint density at radius 1 is 1.18 bits per heavy atom. The number of aromatic nitrogens is 4. The number of tetrazole rings is 1. The lowest BCUT2D eigenvalue weighted by molar-refractivity contribution is -0.933. The maximum Gasteiger partial charge on any atom is 0.416 e. The number of anilines is 1. The maximum absolute atomic E-state index is 13.0. The molecule has 0 aliphatic carbocycles. The molecule has 154 valence electrons. The Bertz CT molecular complexity index is 765. The van der Waals surface area contributed by atoms with Crippen LogP contribution in [0.15, 0.2) is 24.3 Å². The molecular weight excluding hydrogens is 369 g/mol. The lowest BCUT2D eigenvalue weighted by Crippen LogP contribution is -3.15. The number of nitrogens with zero attached hydrogens (tertiary/aromatic N) is 5. The highest BCUT2D eigenvalue weighted by Crippen LogP contribution is 2.31. The molecule has 28 heavy (non-hydrogen) atoms. The number of piperazine rings is 1. The number of quaternary nitrogens is 1. The highest BCUT2D eigenvalue weighted by molar-refractivity contribution is 5.49. The molecule has 0 unspecified atom stereocenters. The maximum atomic E-state index is 13.0. The molecule has 6 nitrogen and oxygen atoms in total. The summed E-state index contributed by atoms with van der Waals surface area (Å²) in [5.74, 6) is 0.902. The molecule has 0 spiro atoms. The first-order chi connectivity index (χ1) is 13.3. The molecule has 0 saturated carbocycles. The topological polar surface area (TPSA) is 51.3 Å². The number of rotatable bonds is 6.